The molecule has 5 rings (SSSR count). The Kier molecular flexibility index (Phi) is 7.42. The quantitative estimate of drug-likeness (QED) is 0.317. The standard InChI is InChI=1S/C32H24N2O4/c35-31-10-3-1-6-23(31)21-33-25-12-16-27(17-13-25)37-29-8-5-9-30(20-29)38-28-18-14-26(15-19-28)34-22-24-7-2-4-11-32(24)36/h1-22,33-34H/b23-21-,24-22+. The van der Waals surface area contributed by atoms with Crippen LogP contribution in [0.3, 0.4) is 0 Å². The van der Waals surface area contributed by atoms with Crippen LogP contribution in [0, 0.1) is 0 Å². The molecule has 0 fully saturated rings. The van der Waals surface area contributed by atoms with Gasteiger partial charge in [-0.2, -0.15) is 0 Å². The lowest BCUT2D eigenvalue weighted by Gasteiger charge is -2.11. The Hall–Kier alpha value is -5.36. The van der Waals surface area contributed by atoms with Crippen molar-refractivity contribution in [1.29, 1.82) is 0 Å². The highest BCUT2D eigenvalue weighted by Crippen LogP contribution is 2.29. The van der Waals surface area contributed by atoms with Crippen molar-refractivity contribution < 1.29 is 19.1 Å². The van der Waals surface area contributed by atoms with E-state index in [1.54, 1.807) is 36.7 Å². The minimum absolute atomic E-state index is 0.0323. The lowest BCUT2D eigenvalue weighted by molar-refractivity contribution is -0.111. The molecule has 2 aliphatic rings. The van der Waals surface area contributed by atoms with Gasteiger partial charge in [0.25, 0.3) is 0 Å². The van der Waals surface area contributed by atoms with Crippen LogP contribution in [0.1, 0.15) is 0 Å². The van der Waals surface area contributed by atoms with Crippen LogP contribution in [-0.4, -0.2) is 11.6 Å². The molecule has 2 N–H and O–H groups in total. The van der Waals surface area contributed by atoms with Crippen LogP contribution in [0.15, 0.2) is 145 Å². The van der Waals surface area contributed by atoms with E-state index in [-0.39, 0.29) is 11.6 Å². The summed E-state index contributed by atoms with van der Waals surface area (Å²) in [7, 11) is 0. The molecule has 0 unspecified atom stereocenters. The number of nitrogens with one attached hydrogen (secondary N) is 2. The number of ether oxygens (including phenoxy) is 2. The number of carbonyl (C=O) groups excluding carboxylic acids is 2. The van der Waals surface area contributed by atoms with Crippen molar-refractivity contribution in [3.63, 3.8) is 0 Å². The van der Waals surface area contributed by atoms with Crippen LogP contribution in [0.2, 0.25) is 0 Å². The van der Waals surface area contributed by atoms with Crippen molar-refractivity contribution in [3.05, 3.63) is 145 Å². The van der Waals surface area contributed by atoms with E-state index in [0.29, 0.717) is 34.1 Å². The first-order valence-electron chi connectivity index (χ1n) is 12.0. The maximum Gasteiger partial charge on any atom is 0.187 e. The molecule has 0 spiro atoms. The zero-order chi connectivity index (χ0) is 26.2. The largest absolute Gasteiger partial charge is 0.457 e. The van der Waals surface area contributed by atoms with Gasteiger partial charge in [-0.05, 0) is 85.0 Å². The number of benzene rings is 3. The molecule has 0 saturated carbocycles. The summed E-state index contributed by atoms with van der Waals surface area (Å²) in [5, 5.41) is 6.26. The maximum atomic E-state index is 11.8. The predicted octanol–water partition coefficient (Wildman–Crippen LogP) is 7.25. The third-order valence-electron chi connectivity index (χ3n) is 5.61. The van der Waals surface area contributed by atoms with E-state index >= 15 is 0 Å². The summed E-state index contributed by atoms with van der Waals surface area (Å²) in [5.74, 6) is 2.55. The van der Waals surface area contributed by atoms with Gasteiger partial charge in [-0.1, -0.05) is 30.4 Å². The Morgan fingerprint density at radius 1 is 0.500 bits per heavy atom. The molecule has 0 aliphatic heterocycles. The van der Waals surface area contributed by atoms with Gasteiger partial charge in [-0.15, -0.1) is 0 Å². The normalized spacial score (nSPS) is 16.2. The Labute approximate surface area is 220 Å². The third-order valence-corrected chi connectivity index (χ3v) is 5.61. The fourth-order valence-corrected chi connectivity index (χ4v) is 3.63. The van der Waals surface area contributed by atoms with Gasteiger partial charge in [0.1, 0.15) is 23.0 Å². The molecule has 0 heterocycles. The molecule has 0 bridgehead atoms. The van der Waals surface area contributed by atoms with Crippen molar-refractivity contribution in [1.82, 2.24) is 0 Å². The second-order valence-electron chi connectivity index (χ2n) is 8.38. The topological polar surface area (TPSA) is 76.7 Å². The van der Waals surface area contributed by atoms with E-state index in [1.165, 1.54) is 12.2 Å². The first-order valence-corrected chi connectivity index (χ1v) is 12.0. The zero-order valence-corrected chi connectivity index (χ0v) is 20.3. The van der Waals surface area contributed by atoms with Crippen LogP contribution < -0.4 is 20.1 Å². The molecule has 0 amide bonds. The smallest absolute Gasteiger partial charge is 0.187 e. The molecule has 0 saturated heterocycles. The molecule has 186 valence electrons. The minimum atomic E-state index is -0.0323. The lowest BCUT2D eigenvalue weighted by Crippen LogP contribution is -2.01. The Bertz CT molecular complexity index is 1410. The molecule has 0 radical (unpaired) electrons. The summed E-state index contributed by atoms with van der Waals surface area (Å²) in [5.41, 5.74) is 2.87. The number of allylic oxidation sites excluding steroid dienone is 10. The van der Waals surface area contributed by atoms with Crippen LogP contribution >= 0.6 is 0 Å². The van der Waals surface area contributed by atoms with Crippen LogP contribution in [-0.2, 0) is 9.59 Å². The number of rotatable bonds is 8. The van der Waals surface area contributed by atoms with Crippen LogP contribution in [0.4, 0.5) is 11.4 Å². The maximum absolute atomic E-state index is 11.8. The summed E-state index contributed by atoms with van der Waals surface area (Å²) < 4.78 is 12.0. The van der Waals surface area contributed by atoms with E-state index in [1.807, 2.05) is 84.9 Å². The SMILES string of the molecule is O=C1C=CC=C/C1=C/Nc1ccc(Oc2cccc(Oc3ccc(N/C=C4\C=CC=CC4=O)cc3)c2)cc1. The molecular formula is C32H24N2O4. The van der Waals surface area contributed by atoms with Gasteiger partial charge in [0.15, 0.2) is 11.6 Å². The highest BCUT2D eigenvalue weighted by Gasteiger charge is 2.07. The second-order valence-corrected chi connectivity index (χ2v) is 8.38. The molecule has 2 aliphatic carbocycles. The first kappa shape index (κ1) is 24.3. The van der Waals surface area contributed by atoms with Crippen molar-refractivity contribution in [3.8, 4) is 23.0 Å². The number of hydrogen-bond donors (Lipinski definition) is 2. The molecule has 0 atom stereocenters. The molecule has 38 heavy (non-hydrogen) atoms. The summed E-state index contributed by atoms with van der Waals surface area (Å²) in [6.07, 6.45) is 17.1. The Balaban J connectivity index is 1.16. The third kappa shape index (κ3) is 6.44. The van der Waals surface area contributed by atoms with Crippen molar-refractivity contribution >= 4 is 22.9 Å². The van der Waals surface area contributed by atoms with Gasteiger partial charge in [0.2, 0.25) is 0 Å². The Morgan fingerprint density at radius 2 is 0.921 bits per heavy atom. The molecule has 6 heteroatoms. The van der Waals surface area contributed by atoms with E-state index < -0.39 is 0 Å². The molecule has 3 aromatic rings. The van der Waals surface area contributed by atoms with Gasteiger partial charge < -0.3 is 20.1 Å². The van der Waals surface area contributed by atoms with E-state index in [0.717, 1.165) is 11.4 Å². The summed E-state index contributed by atoms with van der Waals surface area (Å²) in [4.78, 5) is 23.7. The van der Waals surface area contributed by atoms with Gasteiger partial charge in [-0.3, -0.25) is 9.59 Å². The summed E-state index contributed by atoms with van der Waals surface area (Å²) in [6.45, 7) is 0. The van der Waals surface area contributed by atoms with Crippen LogP contribution in [0.5, 0.6) is 23.0 Å². The summed E-state index contributed by atoms with van der Waals surface area (Å²) in [6, 6.07) is 22.3. The highest BCUT2D eigenvalue weighted by molar-refractivity contribution is 6.08. The van der Waals surface area contributed by atoms with Crippen LogP contribution in [0.25, 0.3) is 0 Å². The van der Waals surface area contributed by atoms with Crippen molar-refractivity contribution in [2.75, 3.05) is 10.6 Å². The van der Waals surface area contributed by atoms with Crippen molar-refractivity contribution in [2.45, 2.75) is 0 Å². The van der Waals surface area contributed by atoms with Gasteiger partial charge >= 0.3 is 0 Å². The number of anilines is 2. The second kappa shape index (κ2) is 11.6. The summed E-state index contributed by atoms with van der Waals surface area (Å²) >= 11 is 0. The number of carbonyl (C=O) groups is 2. The van der Waals surface area contributed by atoms with Crippen molar-refractivity contribution in [2.24, 2.45) is 0 Å². The molecule has 3 aromatic carbocycles. The Morgan fingerprint density at radius 3 is 1.34 bits per heavy atom. The average Bonchev–Trinajstić information content (AvgIpc) is 2.94. The molecular weight excluding hydrogens is 476 g/mol. The molecule has 6 nitrogen and oxygen atoms in total. The fourth-order valence-electron chi connectivity index (χ4n) is 3.63. The minimum Gasteiger partial charge on any atom is -0.457 e. The molecule has 0 aromatic heterocycles. The van der Waals surface area contributed by atoms with Gasteiger partial charge in [0.05, 0.1) is 0 Å². The number of hydrogen-bond acceptors (Lipinski definition) is 6. The van der Waals surface area contributed by atoms with E-state index in [9.17, 15) is 9.59 Å². The average molecular weight is 501 g/mol. The predicted molar refractivity (Wildman–Crippen MR) is 149 cm³/mol. The van der Waals surface area contributed by atoms with E-state index in [4.69, 9.17) is 9.47 Å². The van der Waals surface area contributed by atoms with Gasteiger partial charge in [-0.25, -0.2) is 0 Å². The lowest BCUT2D eigenvalue weighted by atomic mass is 10.1. The zero-order valence-electron chi connectivity index (χ0n) is 20.3. The first-order chi connectivity index (χ1) is 18.6. The van der Waals surface area contributed by atoms with E-state index in [2.05, 4.69) is 10.6 Å². The fraction of sp³-hybridized carbons (Fsp3) is 0. The van der Waals surface area contributed by atoms with Gasteiger partial charge in [0, 0.05) is 41.0 Å². The number of ketones is 2. The monoisotopic (exact) mass is 500 g/mol. The highest BCUT2D eigenvalue weighted by atomic mass is 16.5.